The molecule has 0 spiro atoms. The van der Waals surface area contributed by atoms with Gasteiger partial charge in [-0.3, -0.25) is 9.88 Å². The van der Waals surface area contributed by atoms with Crippen molar-refractivity contribution in [1.82, 2.24) is 19.9 Å². The zero-order chi connectivity index (χ0) is 21.5. The molecule has 0 saturated carbocycles. The molecule has 0 amide bonds. The first kappa shape index (κ1) is 21.0. The van der Waals surface area contributed by atoms with Crippen molar-refractivity contribution in [2.45, 2.75) is 44.9 Å². The van der Waals surface area contributed by atoms with Gasteiger partial charge < -0.3 is 14.1 Å². The predicted molar refractivity (Wildman–Crippen MR) is 124 cm³/mol. The molecule has 2 aromatic heterocycles. The number of hydrogen-bond donors (Lipinski definition) is 1. The lowest BCUT2D eigenvalue weighted by atomic mass is 9.98. The molecule has 1 aliphatic carbocycles. The van der Waals surface area contributed by atoms with Crippen molar-refractivity contribution in [1.29, 1.82) is 0 Å². The second kappa shape index (κ2) is 7.79. The van der Waals surface area contributed by atoms with Crippen molar-refractivity contribution >= 4 is 25.1 Å². The number of methoxy groups -OCH3 is 1. The maximum absolute atomic E-state index is 6.45. The van der Waals surface area contributed by atoms with E-state index in [2.05, 4.69) is 78.0 Å². The van der Waals surface area contributed by atoms with Crippen LogP contribution in [0.5, 0.6) is 0 Å². The predicted octanol–water partition coefficient (Wildman–Crippen LogP) is 4.52. The van der Waals surface area contributed by atoms with Gasteiger partial charge in [-0.15, -0.1) is 0 Å². The van der Waals surface area contributed by atoms with Gasteiger partial charge in [0.15, 0.2) is 14.0 Å². The highest BCUT2D eigenvalue weighted by Gasteiger charge is 2.38. The van der Waals surface area contributed by atoms with Crippen LogP contribution in [0.25, 0.3) is 16.7 Å². The van der Waals surface area contributed by atoms with E-state index in [4.69, 9.17) is 9.16 Å². The van der Waals surface area contributed by atoms with Gasteiger partial charge in [0.25, 0.3) is 0 Å². The summed E-state index contributed by atoms with van der Waals surface area (Å²) < 4.78 is 12.0. The minimum atomic E-state index is -1.75. The Labute approximate surface area is 179 Å². The van der Waals surface area contributed by atoms with Gasteiger partial charge in [-0.1, -0.05) is 26.8 Å². The molecule has 0 radical (unpaired) electrons. The third-order valence-electron chi connectivity index (χ3n) is 6.63. The number of H-pyrrole nitrogens is 1. The fraction of sp³-hybridized carbons (Fsp3) is 0.478. The van der Waals surface area contributed by atoms with Crippen molar-refractivity contribution in [2.75, 3.05) is 26.8 Å². The topological polar surface area (TPSA) is 63.3 Å². The molecule has 7 heteroatoms. The van der Waals surface area contributed by atoms with E-state index in [0.717, 1.165) is 42.3 Å². The molecule has 0 aromatic carbocycles. The van der Waals surface area contributed by atoms with Gasteiger partial charge in [-0.25, -0.2) is 4.98 Å². The lowest BCUT2D eigenvalue weighted by Crippen LogP contribution is -2.43. The first-order chi connectivity index (χ1) is 14.2. The Kier molecular flexibility index (Phi) is 5.46. The fourth-order valence-corrected chi connectivity index (χ4v) is 4.82. The van der Waals surface area contributed by atoms with Gasteiger partial charge in [0, 0.05) is 37.8 Å². The molecule has 6 nitrogen and oxygen atoms in total. The molecule has 1 N–H and O–H groups in total. The lowest BCUT2D eigenvalue weighted by molar-refractivity contribution is 0.208. The molecule has 30 heavy (non-hydrogen) atoms. The van der Waals surface area contributed by atoms with Crippen LogP contribution in [0.3, 0.4) is 0 Å². The summed E-state index contributed by atoms with van der Waals surface area (Å²) in [6, 6.07) is 2.32. The molecule has 2 aromatic rings. The third-order valence-corrected chi connectivity index (χ3v) is 11.2. The molecule has 3 heterocycles. The van der Waals surface area contributed by atoms with E-state index >= 15 is 0 Å². The third kappa shape index (κ3) is 3.89. The molecule has 0 saturated heterocycles. The number of aromatic nitrogens is 3. The zero-order valence-corrected chi connectivity index (χ0v) is 19.8. The smallest absolute Gasteiger partial charge is 0.192 e. The van der Waals surface area contributed by atoms with Gasteiger partial charge in [0.1, 0.15) is 11.3 Å². The summed E-state index contributed by atoms with van der Waals surface area (Å²) in [7, 11) is -0.0377. The molecule has 1 atom stereocenters. The minimum absolute atomic E-state index is 0.220. The van der Waals surface area contributed by atoms with E-state index < -0.39 is 8.32 Å². The SMILES string of the molecule is COC1=CC2=C(c3cc4nccnc4[nH]3)CN(CCO[Si](C)(C)C(C)(C)C)C2C=C1. The van der Waals surface area contributed by atoms with Crippen LogP contribution in [0.15, 0.2) is 48.0 Å². The summed E-state index contributed by atoms with van der Waals surface area (Å²) in [5.74, 6) is 0.880. The Hall–Kier alpha value is -2.22. The first-order valence-electron chi connectivity index (χ1n) is 10.5. The van der Waals surface area contributed by atoms with Gasteiger partial charge in [0.05, 0.1) is 13.2 Å². The van der Waals surface area contributed by atoms with Gasteiger partial charge in [0.2, 0.25) is 0 Å². The number of hydrogen-bond acceptors (Lipinski definition) is 5. The van der Waals surface area contributed by atoms with Crippen LogP contribution >= 0.6 is 0 Å². The number of fused-ring (bicyclic) bond motifs is 2. The van der Waals surface area contributed by atoms with Gasteiger partial charge in [-0.05, 0) is 47.5 Å². The standard InChI is InChI=1S/C23H32N4O2Si/c1-23(2,3)30(5,6)29-12-11-27-15-18(17-13-16(28-4)7-8-21(17)27)19-14-20-22(26-19)25-10-9-24-20/h7-10,13-14,21H,11-12,15H2,1-6H3,(H,25,26). The van der Waals surface area contributed by atoms with Crippen molar-refractivity contribution in [2.24, 2.45) is 0 Å². The number of aromatic amines is 1. The van der Waals surface area contributed by atoms with Crippen LogP contribution in [0.2, 0.25) is 18.1 Å². The largest absolute Gasteiger partial charge is 0.497 e. The molecule has 4 rings (SSSR count). The normalized spacial score (nSPS) is 20.1. The highest BCUT2D eigenvalue weighted by Crippen LogP contribution is 2.38. The second-order valence-corrected chi connectivity index (χ2v) is 14.4. The number of ether oxygens (including phenoxy) is 1. The number of nitrogens with one attached hydrogen (secondary N) is 1. The highest BCUT2D eigenvalue weighted by atomic mass is 28.4. The fourth-order valence-electron chi connectivity index (χ4n) is 3.79. The Balaban J connectivity index is 1.57. The molecule has 1 aliphatic heterocycles. The average molecular weight is 425 g/mol. The Morgan fingerprint density at radius 1 is 1.23 bits per heavy atom. The summed E-state index contributed by atoms with van der Waals surface area (Å²) in [5, 5.41) is 0.220. The molecule has 0 fully saturated rings. The molecular weight excluding hydrogens is 392 g/mol. The number of rotatable bonds is 6. The van der Waals surface area contributed by atoms with E-state index in [9.17, 15) is 0 Å². The molecule has 1 unspecified atom stereocenters. The van der Waals surface area contributed by atoms with Crippen molar-refractivity contribution < 1.29 is 9.16 Å². The summed E-state index contributed by atoms with van der Waals surface area (Å²) in [4.78, 5) is 14.8. The second-order valence-electron chi connectivity index (χ2n) is 9.54. The van der Waals surface area contributed by atoms with Crippen LogP contribution in [0.4, 0.5) is 0 Å². The maximum Gasteiger partial charge on any atom is 0.192 e. The van der Waals surface area contributed by atoms with Crippen LogP contribution < -0.4 is 0 Å². The van der Waals surface area contributed by atoms with E-state index in [-0.39, 0.29) is 11.1 Å². The first-order valence-corrected chi connectivity index (χ1v) is 13.5. The Morgan fingerprint density at radius 3 is 2.70 bits per heavy atom. The van der Waals surface area contributed by atoms with E-state index in [1.165, 1.54) is 11.1 Å². The van der Waals surface area contributed by atoms with E-state index in [1.54, 1.807) is 19.5 Å². The molecule has 2 aliphatic rings. The Bertz CT molecular complexity index is 996. The van der Waals surface area contributed by atoms with Crippen LogP contribution in [-0.2, 0) is 9.16 Å². The Morgan fingerprint density at radius 2 is 2.00 bits per heavy atom. The average Bonchev–Trinajstić information content (AvgIpc) is 3.28. The van der Waals surface area contributed by atoms with Crippen molar-refractivity contribution in [3.05, 3.63) is 53.7 Å². The summed E-state index contributed by atoms with van der Waals surface area (Å²) in [5.41, 5.74) is 5.32. The summed E-state index contributed by atoms with van der Waals surface area (Å²) >= 11 is 0. The summed E-state index contributed by atoms with van der Waals surface area (Å²) in [6.07, 6.45) is 9.89. The van der Waals surface area contributed by atoms with Crippen LogP contribution in [-0.4, -0.2) is 61.0 Å². The number of allylic oxidation sites excluding steroid dienone is 1. The lowest BCUT2D eigenvalue weighted by Gasteiger charge is -2.37. The van der Waals surface area contributed by atoms with E-state index in [1.807, 2.05) is 0 Å². The molecule has 160 valence electrons. The summed E-state index contributed by atoms with van der Waals surface area (Å²) in [6.45, 7) is 14.0. The van der Waals surface area contributed by atoms with Crippen molar-refractivity contribution in [3.8, 4) is 0 Å². The van der Waals surface area contributed by atoms with Crippen LogP contribution in [0.1, 0.15) is 26.5 Å². The maximum atomic E-state index is 6.45. The highest BCUT2D eigenvalue weighted by molar-refractivity contribution is 6.74. The van der Waals surface area contributed by atoms with Gasteiger partial charge >= 0.3 is 0 Å². The van der Waals surface area contributed by atoms with Crippen molar-refractivity contribution in [3.63, 3.8) is 0 Å². The monoisotopic (exact) mass is 424 g/mol. The van der Waals surface area contributed by atoms with E-state index in [0.29, 0.717) is 0 Å². The van der Waals surface area contributed by atoms with Crippen LogP contribution in [0, 0.1) is 0 Å². The molecular formula is C23H32N4O2Si. The van der Waals surface area contributed by atoms with Gasteiger partial charge in [-0.2, -0.15) is 0 Å². The number of nitrogens with zero attached hydrogens (tertiary/aromatic N) is 3. The molecule has 0 bridgehead atoms. The minimum Gasteiger partial charge on any atom is -0.497 e. The quantitative estimate of drug-likeness (QED) is 0.691. The zero-order valence-electron chi connectivity index (χ0n) is 18.8.